The highest BCUT2D eigenvalue weighted by Gasteiger charge is 2.17. The number of aryl methyl sites for hydroxylation is 2. The van der Waals surface area contributed by atoms with Crippen LogP contribution in [0.25, 0.3) is 11.4 Å². The van der Waals surface area contributed by atoms with Crippen LogP contribution < -0.4 is 4.72 Å². The minimum Gasteiger partial charge on any atom is -0.339 e. The number of aromatic nitrogens is 2. The van der Waals surface area contributed by atoms with E-state index < -0.39 is 10.0 Å². The Kier molecular flexibility index (Phi) is 5.31. The van der Waals surface area contributed by atoms with Crippen LogP contribution in [0.4, 0.5) is 0 Å². The van der Waals surface area contributed by atoms with Crippen molar-refractivity contribution >= 4 is 21.4 Å². The van der Waals surface area contributed by atoms with Crippen LogP contribution in [0.1, 0.15) is 23.3 Å². The van der Waals surface area contributed by atoms with Crippen molar-refractivity contribution in [1.29, 1.82) is 0 Å². The normalized spacial score (nSPS) is 11.8. The van der Waals surface area contributed by atoms with Crippen molar-refractivity contribution in [3.05, 3.63) is 52.7 Å². The molecule has 0 saturated carbocycles. The van der Waals surface area contributed by atoms with E-state index in [9.17, 15) is 8.42 Å². The van der Waals surface area contributed by atoms with E-state index in [1.165, 1.54) is 11.3 Å². The lowest BCUT2D eigenvalue weighted by Crippen LogP contribution is -2.25. The number of sulfonamides is 1. The predicted octanol–water partition coefficient (Wildman–Crippen LogP) is 3.19. The summed E-state index contributed by atoms with van der Waals surface area (Å²) in [6.45, 7) is 4.21. The molecule has 0 aliphatic rings. The van der Waals surface area contributed by atoms with Crippen LogP contribution in [0.2, 0.25) is 0 Å². The molecule has 0 unspecified atom stereocenters. The molecule has 1 N–H and O–H groups in total. The second-order valence-electron chi connectivity index (χ2n) is 5.60. The van der Waals surface area contributed by atoms with Crippen molar-refractivity contribution in [2.45, 2.75) is 30.9 Å². The van der Waals surface area contributed by atoms with Crippen LogP contribution in [-0.2, 0) is 22.9 Å². The topological polar surface area (TPSA) is 85.1 Å². The lowest BCUT2D eigenvalue weighted by Gasteiger charge is -2.02. The third-order valence-electron chi connectivity index (χ3n) is 3.66. The maximum atomic E-state index is 12.2. The number of benzene rings is 1. The first-order chi connectivity index (χ1) is 12.0. The fourth-order valence-corrected chi connectivity index (χ4v) is 4.60. The molecule has 0 radical (unpaired) electrons. The first kappa shape index (κ1) is 17.8. The molecule has 0 spiro atoms. The summed E-state index contributed by atoms with van der Waals surface area (Å²) in [7, 11) is -3.49. The standard InChI is InChI=1S/C17H19N3O3S2/c1-3-14-8-9-16(24-14)25(21,22)18-11-10-15-19-17(20-23-15)13-6-4-12(2)5-7-13/h4-9,18H,3,10-11H2,1-2H3. The van der Waals surface area contributed by atoms with Crippen LogP contribution in [0.5, 0.6) is 0 Å². The fraction of sp³-hybridized carbons (Fsp3) is 0.294. The second-order valence-corrected chi connectivity index (χ2v) is 8.76. The van der Waals surface area contributed by atoms with Gasteiger partial charge in [0.25, 0.3) is 0 Å². The molecular formula is C17H19N3O3S2. The third-order valence-corrected chi connectivity index (χ3v) is 6.84. The zero-order valence-electron chi connectivity index (χ0n) is 14.0. The quantitative estimate of drug-likeness (QED) is 0.683. The van der Waals surface area contributed by atoms with E-state index in [0.29, 0.717) is 22.3 Å². The van der Waals surface area contributed by atoms with Crippen molar-refractivity contribution in [3.63, 3.8) is 0 Å². The number of hydrogen-bond donors (Lipinski definition) is 1. The van der Waals surface area contributed by atoms with Crippen molar-refractivity contribution in [3.8, 4) is 11.4 Å². The number of thiophene rings is 1. The smallest absolute Gasteiger partial charge is 0.250 e. The number of nitrogens with one attached hydrogen (secondary N) is 1. The van der Waals surface area contributed by atoms with Gasteiger partial charge in [-0.05, 0) is 25.5 Å². The molecule has 132 valence electrons. The van der Waals surface area contributed by atoms with E-state index in [4.69, 9.17) is 4.52 Å². The average molecular weight is 377 g/mol. The molecule has 0 atom stereocenters. The van der Waals surface area contributed by atoms with Gasteiger partial charge < -0.3 is 4.52 Å². The van der Waals surface area contributed by atoms with Crippen LogP contribution in [-0.4, -0.2) is 25.1 Å². The van der Waals surface area contributed by atoms with Gasteiger partial charge in [0.05, 0.1) is 0 Å². The van der Waals surface area contributed by atoms with Crippen molar-refractivity contribution in [2.24, 2.45) is 0 Å². The van der Waals surface area contributed by atoms with Crippen molar-refractivity contribution in [1.82, 2.24) is 14.9 Å². The molecule has 0 bridgehead atoms. The molecule has 6 nitrogen and oxygen atoms in total. The van der Waals surface area contributed by atoms with Gasteiger partial charge in [0, 0.05) is 23.4 Å². The highest BCUT2D eigenvalue weighted by Crippen LogP contribution is 2.21. The van der Waals surface area contributed by atoms with Crippen LogP contribution in [0.15, 0.2) is 45.1 Å². The van der Waals surface area contributed by atoms with E-state index in [2.05, 4.69) is 14.9 Å². The van der Waals surface area contributed by atoms with E-state index in [-0.39, 0.29) is 6.54 Å². The molecule has 0 aliphatic heterocycles. The summed E-state index contributed by atoms with van der Waals surface area (Å²) in [6.07, 6.45) is 1.16. The number of rotatable bonds is 7. The highest BCUT2D eigenvalue weighted by atomic mass is 32.2. The maximum Gasteiger partial charge on any atom is 0.250 e. The largest absolute Gasteiger partial charge is 0.339 e. The number of nitrogens with zero attached hydrogens (tertiary/aromatic N) is 2. The Balaban J connectivity index is 1.60. The van der Waals surface area contributed by atoms with Gasteiger partial charge in [-0.1, -0.05) is 41.9 Å². The Morgan fingerprint density at radius 2 is 1.92 bits per heavy atom. The van der Waals surface area contributed by atoms with E-state index >= 15 is 0 Å². The van der Waals surface area contributed by atoms with Gasteiger partial charge in [0.15, 0.2) is 0 Å². The zero-order valence-corrected chi connectivity index (χ0v) is 15.7. The minimum absolute atomic E-state index is 0.206. The second kappa shape index (κ2) is 7.47. The lowest BCUT2D eigenvalue weighted by atomic mass is 10.1. The van der Waals surface area contributed by atoms with E-state index in [1.54, 1.807) is 6.07 Å². The Labute approximate surface area is 151 Å². The van der Waals surface area contributed by atoms with Gasteiger partial charge in [-0.3, -0.25) is 0 Å². The molecule has 0 aliphatic carbocycles. The Hall–Kier alpha value is -2.03. The highest BCUT2D eigenvalue weighted by molar-refractivity contribution is 7.91. The first-order valence-corrected chi connectivity index (χ1v) is 10.3. The summed E-state index contributed by atoms with van der Waals surface area (Å²) in [5.74, 6) is 0.905. The zero-order chi connectivity index (χ0) is 17.9. The summed E-state index contributed by atoms with van der Waals surface area (Å²) in [5, 5.41) is 3.94. The lowest BCUT2D eigenvalue weighted by molar-refractivity contribution is 0.379. The molecular weight excluding hydrogens is 358 g/mol. The molecule has 3 rings (SSSR count). The summed E-state index contributed by atoms with van der Waals surface area (Å²) < 4.78 is 32.6. The first-order valence-electron chi connectivity index (χ1n) is 7.96. The van der Waals surface area contributed by atoms with Gasteiger partial charge in [-0.2, -0.15) is 4.98 Å². The monoisotopic (exact) mass is 377 g/mol. The van der Waals surface area contributed by atoms with Crippen LogP contribution in [0, 0.1) is 6.92 Å². The molecule has 25 heavy (non-hydrogen) atoms. The van der Waals surface area contributed by atoms with Crippen LogP contribution in [0.3, 0.4) is 0 Å². The summed E-state index contributed by atoms with van der Waals surface area (Å²) in [5.41, 5.74) is 2.02. The summed E-state index contributed by atoms with van der Waals surface area (Å²) in [4.78, 5) is 5.35. The Bertz CT molecular complexity index is 944. The van der Waals surface area contributed by atoms with E-state index in [1.807, 2.05) is 44.2 Å². The molecule has 8 heteroatoms. The van der Waals surface area contributed by atoms with Crippen molar-refractivity contribution < 1.29 is 12.9 Å². The molecule has 1 aromatic carbocycles. The van der Waals surface area contributed by atoms with Gasteiger partial charge in [0.2, 0.25) is 21.7 Å². The van der Waals surface area contributed by atoms with Gasteiger partial charge in [-0.25, -0.2) is 13.1 Å². The fourth-order valence-electron chi connectivity index (χ4n) is 2.23. The molecule has 0 saturated heterocycles. The minimum atomic E-state index is -3.49. The average Bonchev–Trinajstić information content (AvgIpc) is 3.25. The predicted molar refractivity (Wildman–Crippen MR) is 97.1 cm³/mol. The number of hydrogen-bond acceptors (Lipinski definition) is 6. The molecule has 0 amide bonds. The summed E-state index contributed by atoms with van der Waals surface area (Å²) in [6, 6.07) is 11.3. The molecule has 2 heterocycles. The summed E-state index contributed by atoms with van der Waals surface area (Å²) >= 11 is 1.29. The SMILES string of the molecule is CCc1ccc(S(=O)(=O)NCCc2nc(-c3ccc(C)cc3)no2)s1. The van der Waals surface area contributed by atoms with Crippen LogP contribution >= 0.6 is 11.3 Å². The maximum absolute atomic E-state index is 12.2. The molecule has 2 aromatic heterocycles. The third kappa shape index (κ3) is 4.33. The Morgan fingerprint density at radius 1 is 1.16 bits per heavy atom. The van der Waals surface area contributed by atoms with Gasteiger partial charge >= 0.3 is 0 Å². The van der Waals surface area contributed by atoms with Crippen molar-refractivity contribution in [2.75, 3.05) is 6.54 Å². The molecule has 0 fully saturated rings. The molecule has 3 aromatic rings. The van der Waals surface area contributed by atoms with Gasteiger partial charge in [0.1, 0.15) is 4.21 Å². The van der Waals surface area contributed by atoms with E-state index in [0.717, 1.165) is 22.4 Å². The van der Waals surface area contributed by atoms with Gasteiger partial charge in [-0.15, -0.1) is 11.3 Å². The Morgan fingerprint density at radius 3 is 2.60 bits per heavy atom.